The van der Waals surface area contributed by atoms with Crippen LogP contribution >= 0.6 is 0 Å². The fraction of sp³-hybridized carbons (Fsp3) is 0.520. The number of ether oxygens (including phenoxy) is 1. The monoisotopic (exact) mass is 478 g/mol. The van der Waals surface area contributed by atoms with E-state index in [9.17, 15) is 8.42 Å². The first-order valence-electron chi connectivity index (χ1n) is 11.2. The first-order valence-corrected chi connectivity index (χ1v) is 15.5. The SMILES string of the molecule is COc1cccc(CCCCCOS(=O)(=O)c2ccc(C)cc2)c1O[Si](C)(C)C(C)(C)C. The van der Waals surface area contributed by atoms with Crippen LogP contribution in [-0.4, -0.2) is 30.5 Å². The number of benzene rings is 2. The molecule has 0 amide bonds. The van der Waals surface area contributed by atoms with Crippen molar-refractivity contribution in [1.29, 1.82) is 0 Å². The Bertz CT molecular complexity index is 976. The van der Waals surface area contributed by atoms with Gasteiger partial charge in [0.05, 0.1) is 18.6 Å². The highest BCUT2D eigenvalue weighted by molar-refractivity contribution is 7.86. The highest BCUT2D eigenvalue weighted by atomic mass is 32.2. The molecule has 0 atom stereocenters. The van der Waals surface area contributed by atoms with Gasteiger partial charge in [-0.1, -0.05) is 57.0 Å². The summed E-state index contributed by atoms with van der Waals surface area (Å²) in [7, 11) is -4.04. The van der Waals surface area contributed by atoms with Crippen molar-refractivity contribution in [3.63, 3.8) is 0 Å². The van der Waals surface area contributed by atoms with E-state index in [0.29, 0.717) is 6.42 Å². The third kappa shape index (κ3) is 7.09. The predicted octanol–water partition coefficient (Wildman–Crippen LogP) is 6.51. The van der Waals surface area contributed by atoms with Crippen LogP contribution in [0.4, 0.5) is 0 Å². The maximum atomic E-state index is 12.3. The summed E-state index contributed by atoms with van der Waals surface area (Å²) in [5, 5.41) is 0.0887. The fourth-order valence-electron chi connectivity index (χ4n) is 2.98. The number of hydrogen-bond acceptors (Lipinski definition) is 5. The van der Waals surface area contributed by atoms with Crippen molar-refractivity contribution < 1.29 is 21.8 Å². The summed E-state index contributed by atoms with van der Waals surface area (Å²) < 4.78 is 42.0. The molecule has 0 saturated heterocycles. The normalized spacial score (nSPS) is 12.6. The second-order valence-corrected chi connectivity index (χ2v) is 16.1. The molecule has 0 aromatic heterocycles. The van der Waals surface area contributed by atoms with Crippen molar-refractivity contribution in [3.05, 3.63) is 53.6 Å². The van der Waals surface area contributed by atoms with Crippen LogP contribution in [0.3, 0.4) is 0 Å². The smallest absolute Gasteiger partial charge is 0.296 e. The Hall–Kier alpha value is -1.83. The Morgan fingerprint density at radius 1 is 0.938 bits per heavy atom. The molecule has 0 heterocycles. The van der Waals surface area contributed by atoms with E-state index in [1.54, 1.807) is 31.4 Å². The topological polar surface area (TPSA) is 61.8 Å². The first-order chi connectivity index (χ1) is 14.9. The number of aryl methyl sites for hydroxylation is 2. The lowest BCUT2D eigenvalue weighted by atomic mass is 10.1. The standard InChI is InChI=1S/C25H38O5SSi/c1-20-15-17-22(18-16-20)31(26,27)29-19-10-8-9-12-21-13-11-14-23(28-5)24(21)30-32(6,7)25(2,3)4/h11,13-18H,8-10,12,19H2,1-7H3. The zero-order chi connectivity index (χ0) is 24.0. The molecule has 0 spiro atoms. The molecule has 0 aliphatic carbocycles. The van der Waals surface area contributed by atoms with E-state index in [4.69, 9.17) is 13.3 Å². The molecule has 2 aromatic carbocycles. The molecule has 0 N–H and O–H groups in total. The second kappa shape index (κ2) is 10.9. The molecular weight excluding hydrogens is 440 g/mol. The Balaban J connectivity index is 1.92. The zero-order valence-corrected chi connectivity index (χ0v) is 22.3. The molecule has 0 radical (unpaired) electrons. The van der Waals surface area contributed by atoms with Gasteiger partial charge in [0.25, 0.3) is 18.4 Å². The van der Waals surface area contributed by atoms with Crippen LogP contribution in [0.1, 0.15) is 51.2 Å². The van der Waals surface area contributed by atoms with Gasteiger partial charge in [0.2, 0.25) is 0 Å². The van der Waals surface area contributed by atoms with E-state index in [0.717, 1.165) is 41.9 Å². The van der Waals surface area contributed by atoms with E-state index >= 15 is 0 Å². The second-order valence-electron chi connectivity index (χ2n) is 9.71. The summed E-state index contributed by atoms with van der Waals surface area (Å²) in [6.07, 6.45) is 3.29. The molecule has 5 nitrogen and oxygen atoms in total. The van der Waals surface area contributed by atoms with Crippen LogP contribution in [0.5, 0.6) is 11.5 Å². The predicted molar refractivity (Wildman–Crippen MR) is 133 cm³/mol. The Kier molecular flexibility index (Phi) is 8.96. The molecule has 7 heteroatoms. The third-order valence-electron chi connectivity index (χ3n) is 6.08. The van der Waals surface area contributed by atoms with Crippen molar-refractivity contribution in [2.45, 2.75) is 76.4 Å². The highest BCUT2D eigenvalue weighted by Crippen LogP contribution is 2.41. The van der Waals surface area contributed by atoms with Crippen LogP contribution in [0.25, 0.3) is 0 Å². The van der Waals surface area contributed by atoms with Gasteiger partial charge < -0.3 is 9.16 Å². The molecule has 2 rings (SSSR count). The molecule has 178 valence electrons. The van der Waals surface area contributed by atoms with E-state index in [1.165, 1.54) is 0 Å². The minimum atomic E-state index is -3.70. The minimum Gasteiger partial charge on any atom is -0.541 e. The summed E-state index contributed by atoms with van der Waals surface area (Å²) in [5.41, 5.74) is 2.14. The van der Waals surface area contributed by atoms with Crippen molar-refractivity contribution in [2.75, 3.05) is 13.7 Å². The lowest BCUT2D eigenvalue weighted by Crippen LogP contribution is -2.44. The van der Waals surface area contributed by atoms with Crippen molar-refractivity contribution in [3.8, 4) is 11.5 Å². The maximum Gasteiger partial charge on any atom is 0.296 e. The molecule has 32 heavy (non-hydrogen) atoms. The van der Waals surface area contributed by atoms with E-state index < -0.39 is 18.4 Å². The molecule has 0 aliphatic rings. The highest BCUT2D eigenvalue weighted by Gasteiger charge is 2.40. The van der Waals surface area contributed by atoms with Crippen LogP contribution in [0.15, 0.2) is 47.4 Å². The Morgan fingerprint density at radius 2 is 1.59 bits per heavy atom. The van der Waals surface area contributed by atoms with Gasteiger partial charge >= 0.3 is 0 Å². The van der Waals surface area contributed by atoms with Gasteiger partial charge in [-0.05, 0) is 68.1 Å². The summed E-state index contributed by atoms with van der Waals surface area (Å²) in [6.45, 7) is 13.2. The first kappa shape index (κ1) is 26.4. The number of para-hydroxylation sites is 1. The van der Waals surface area contributed by atoms with Crippen LogP contribution < -0.4 is 9.16 Å². The molecule has 0 bridgehead atoms. The average molecular weight is 479 g/mol. The van der Waals surface area contributed by atoms with Crippen molar-refractivity contribution in [1.82, 2.24) is 0 Å². The number of methoxy groups -OCH3 is 1. The van der Waals surface area contributed by atoms with Gasteiger partial charge in [0, 0.05) is 0 Å². The van der Waals surface area contributed by atoms with Crippen molar-refractivity contribution >= 4 is 18.4 Å². The quantitative estimate of drug-likeness (QED) is 0.209. The molecule has 0 saturated carbocycles. The number of hydrogen-bond donors (Lipinski definition) is 0. The Labute approximate surface area is 195 Å². The van der Waals surface area contributed by atoms with E-state index in [2.05, 4.69) is 39.9 Å². The summed E-state index contributed by atoms with van der Waals surface area (Å²) >= 11 is 0. The molecule has 2 aromatic rings. The maximum absolute atomic E-state index is 12.3. The third-order valence-corrected chi connectivity index (χ3v) is 11.7. The van der Waals surface area contributed by atoms with Crippen LogP contribution in [0.2, 0.25) is 18.1 Å². The minimum absolute atomic E-state index is 0.0887. The largest absolute Gasteiger partial charge is 0.541 e. The molecule has 0 fully saturated rings. The lowest BCUT2D eigenvalue weighted by Gasteiger charge is -2.37. The van der Waals surface area contributed by atoms with E-state index in [1.807, 2.05) is 19.1 Å². The van der Waals surface area contributed by atoms with Gasteiger partial charge in [0.1, 0.15) is 5.75 Å². The van der Waals surface area contributed by atoms with Crippen LogP contribution in [0, 0.1) is 6.92 Å². The summed E-state index contributed by atoms with van der Waals surface area (Å²) in [4.78, 5) is 0.201. The summed E-state index contributed by atoms with van der Waals surface area (Å²) in [5.74, 6) is 1.61. The van der Waals surface area contributed by atoms with Crippen molar-refractivity contribution in [2.24, 2.45) is 0 Å². The summed E-state index contributed by atoms with van der Waals surface area (Å²) in [6, 6.07) is 12.7. The van der Waals surface area contributed by atoms with Gasteiger partial charge in [-0.2, -0.15) is 8.42 Å². The lowest BCUT2D eigenvalue weighted by molar-refractivity contribution is 0.307. The number of rotatable bonds is 11. The number of unbranched alkanes of at least 4 members (excludes halogenated alkanes) is 2. The van der Waals surface area contributed by atoms with Gasteiger partial charge in [-0.3, -0.25) is 4.18 Å². The Morgan fingerprint density at radius 3 is 2.19 bits per heavy atom. The zero-order valence-electron chi connectivity index (χ0n) is 20.5. The van der Waals surface area contributed by atoms with Gasteiger partial charge in [0.15, 0.2) is 5.75 Å². The van der Waals surface area contributed by atoms with Gasteiger partial charge in [-0.25, -0.2) is 0 Å². The average Bonchev–Trinajstić information content (AvgIpc) is 2.70. The molecule has 0 aliphatic heterocycles. The molecule has 0 unspecified atom stereocenters. The van der Waals surface area contributed by atoms with Gasteiger partial charge in [-0.15, -0.1) is 0 Å². The van der Waals surface area contributed by atoms with Crippen LogP contribution in [-0.2, 0) is 20.7 Å². The van der Waals surface area contributed by atoms with E-state index in [-0.39, 0.29) is 16.5 Å². The molecular formula is C25H38O5SSi. The fourth-order valence-corrected chi connectivity index (χ4v) is 4.97.